The Morgan fingerprint density at radius 1 is 1.19 bits per heavy atom. The first kappa shape index (κ1) is 17.9. The van der Waals surface area contributed by atoms with E-state index in [0.29, 0.717) is 10.8 Å². The molecule has 0 amide bonds. The maximum absolute atomic E-state index is 11.8. The molecule has 0 aliphatic heterocycles. The molecule has 1 aromatic heterocycles. The van der Waals surface area contributed by atoms with E-state index in [0.717, 1.165) is 16.9 Å². The molecule has 0 fully saturated rings. The van der Waals surface area contributed by atoms with E-state index < -0.39 is 5.97 Å². The number of esters is 1. The molecule has 0 spiro atoms. The summed E-state index contributed by atoms with van der Waals surface area (Å²) in [7, 11) is 0. The van der Waals surface area contributed by atoms with Crippen LogP contribution in [0.1, 0.15) is 17.9 Å². The van der Waals surface area contributed by atoms with Gasteiger partial charge in [-0.1, -0.05) is 28.9 Å². The predicted molar refractivity (Wildman–Crippen MR) is 95.8 cm³/mol. The number of carbonyl (C=O) groups excluding carboxylic acids is 1. The average Bonchev–Trinajstić information content (AvgIpc) is 3.10. The summed E-state index contributed by atoms with van der Waals surface area (Å²) in [4.78, 5) is 16.0. The summed E-state index contributed by atoms with van der Waals surface area (Å²) >= 11 is 5.85. The van der Waals surface area contributed by atoms with Gasteiger partial charge in [0.15, 0.2) is 6.61 Å². The molecule has 2 aromatic carbocycles. The van der Waals surface area contributed by atoms with Crippen molar-refractivity contribution in [1.29, 1.82) is 0 Å². The van der Waals surface area contributed by atoms with Gasteiger partial charge in [0, 0.05) is 10.6 Å². The van der Waals surface area contributed by atoms with Crippen LogP contribution < -0.4 is 4.74 Å². The lowest BCUT2D eigenvalue weighted by atomic mass is 10.2. The lowest BCUT2D eigenvalue weighted by molar-refractivity contribution is -0.146. The molecule has 134 valence electrons. The van der Waals surface area contributed by atoms with E-state index in [1.54, 1.807) is 24.3 Å². The number of nitrogens with zero attached hydrogens (tertiary/aromatic N) is 2. The van der Waals surface area contributed by atoms with Gasteiger partial charge in [0.05, 0.1) is 13.0 Å². The van der Waals surface area contributed by atoms with E-state index in [1.165, 1.54) is 0 Å². The monoisotopic (exact) mass is 372 g/mol. The van der Waals surface area contributed by atoms with Crippen LogP contribution in [0.25, 0.3) is 11.4 Å². The average molecular weight is 373 g/mol. The van der Waals surface area contributed by atoms with Crippen LogP contribution in [-0.2, 0) is 16.1 Å². The molecule has 3 rings (SSSR count). The Balaban J connectivity index is 1.44. The minimum atomic E-state index is -0.399. The van der Waals surface area contributed by atoms with Crippen LogP contribution in [0.5, 0.6) is 5.75 Å². The summed E-state index contributed by atoms with van der Waals surface area (Å²) in [6.07, 6.45) is 0.131. The molecule has 0 saturated carbocycles. The standard InChI is InChI=1S/C19H17ClN2O4/c1-13-3-2-4-16(11-13)24-10-9-18(23)25-12-17-21-19(22-26-17)14-5-7-15(20)8-6-14/h2-8,11H,9-10,12H2,1H3. The molecule has 7 heteroatoms. The van der Waals surface area contributed by atoms with E-state index in [2.05, 4.69) is 10.1 Å². The summed E-state index contributed by atoms with van der Waals surface area (Å²) in [6.45, 7) is 2.13. The van der Waals surface area contributed by atoms with Gasteiger partial charge >= 0.3 is 5.97 Å². The maximum Gasteiger partial charge on any atom is 0.309 e. The molecule has 0 N–H and O–H groups in total. The number of ether oxygens (including phenoxy) is 2. The van der Waals surface area contributed by atoms with Crippen LogP contribution in [-0.4, -0.2) is 22.7 Å². The molecule has 0 atom stereocenters. The van der Waals surface area contributed by atoms with Crippen molar-refractivity contribution in [2.75, 3.05) is 6.61 Å². The fraction of sp³-hybridized carbons (Fsp3) is 0.211. The van der Waals surface area contributed by atoms with Crippen LogP contribution in [0.2, 0.25) is 5.02 Å². The number of carbonyl (C=O) groups is 1. The van der Waals surface area contributed by atoms with Crippen molar-refractivity contribution in [3.63, 3.8) is 0 Å². The third-order valence-corrected chi connectivity index (χ3v) is 3.74. The lowest BCUT2D eigenvalue weighted by Crippen LogP contribution is -2.10. The summed E-state index contributed by atoms with van der Waals surface area (Å²) in [5.74, 6) is 0.963. The highest BCUT2D eigenvalue weighted by atomic mass is 35.5. The number of halogens is 1. The number of aryl methyl sites for hydroxylation is 1. The Labute approximate surface area is 155 Å². The molecule has 26 heavy (non-hydrogen) atoms. The van der Waals surface area contributed by atoms with E-state index >= 15 is 0 Å². The first-order valence-electron chi connectivity index (χ1n) is 8.04. The minimum Gasteiger partial charge on any atom is -0.493 e. The van der Waals surface area contributed by atoms with Gasteiger partial charge in [0.25, 0.3) is 5.89 Å². The predicted octanol–water partition coefficient (Wildman–Crippen LogP) is 4.21. The Hall–Kier alpha value is -2.86. The molecule has 0 aliphatic carbocycles. The number of hydrogen-bond donors (Lipinski definition) is 0. The van der Waals surface area contributed by atoms with Crippen molar-refractivity contribution >= 4 is 17.6 Å². The van der Waals surface area contributed by atoms with Gasteiger partial charge in [-0.3, -0.25) is 4.79 Å². The largest absolute Gasteiger partial charge is 0.493 e. The topological polar surface area (TPSA) is 74.5 Å². The Morgan fingerprint density at radius 3 is 2.77 bits per heavy atom. The van der Waals surface area contributed by atoms with Gasteiger partial charge < -0.3 is 14.0 Å². The molecule has 1 heterocycles. The quantitative estimate of drug-likeness (QED) is 0.578. The van der Waals surface area contributed by atoms with Crippen molar-refractivity contribution in [3.05, 3.63) is 65.0 Å². The summed E-state index contributed by atoms with van der Waals surface area (Å²) in [5, 5.41) is 4.48. The highest BCUT2D eigenvalue weighted by molar-refractivity contribution is 6.30. The number of benzene rings is 2. The molecule has 0 radical (unpaired) electrons. The first-order chi connectivity index (χ1) is 12.6. The Bertz CT molecular complexity index is 877. The van der Waals surface area contributed by atoms with Crippen molar-refractivity contribution in [1.82, 2.24) is 10.1 Å². The molecule has 0 unspecified atom stereocenters. The Morgan fingerprint density at radius 2 is 2.00 bits per heavy atom. The zero-order chi connectivity index (χ0) is 18.4. The van der Waals surface area contributed by atoms with Crippen LogP contribution in [0.15, 0.2) is 53.1 Å². The van der Waals surface area contributed by atoms with Crippen molar-refractivity contribution in [3.8, 4) is 17.1 Å². The highest BCUT2D eigenvalue weighted by Crippen LogP contribution is 2.19. The SMILES string of the molecule is Cc1cccc(OCCC(=O)OCc2nc(-c3ccc(Cl)cc3)no2)c1. The number of rotatable bonds is 7. The zero-order valence-corrected chi connectivity index (χ0v) is 14.9. The normalized spacial score (nSPS) is 10.5. The van der Waals surface area contributed by atoms with E-state index in [1.807, 2.05) is 31.2 Å². The molecule has 3 aromatic rings. The van der Waals surface area contributed by atoms with Crippen molar-refractivity contribution in [2.45, 2.75) is 20.0 Å². The smallest absolute Gasteiger partial charge is 0.309 e. The molecule has 0 saturated heterocycles. The zero-order valence-electron chi connectivity index (χ0n) is 14.1. The highest BCUT2D eigenvalue weighted by Gasteiger charge is 2.11. The van der Waals surface area contributed by atoms with Crippen LogP contribution >= 0.6 is 11.6 Å². The molecular weight excluding hydrogens is 356 g/mol. The van der Waals surface area contributed by atoms with Gasteiger partial charge in [0.2, 0.25) is 5.82 Å². The van der Waals surface area contributed by atoms with Crippen LogP contribution in [0.3, 0.4) is 0 Å². The molecular formula is C19H17ClN2O4. The van der Waals surface area contributed by atoms with Crippen molar-refractivity contribution < 1.29 is 18.8 Å². The minimum absolute atomic E-state index is 0.0795. The van der Waals surface area contributed by atoms with Crippen molar-refractivity contribution in [2.24, 2.45) is 0 Å². The molecule has 0 aliphatic rings. The lowest BCUT2D eigenvalue weighted by Gasteiger charge is -2.06. The third kappa shape index (κ3) is 5.07. The van der Waals surface area contributed by atoms with Gasteiger partial charge in [-0.15, -0.1) is 0 Å². The van der Waals surface area contributed by atoms with E-state index in [9.17, 15) is 4.79 Å². The Kier molecular flexibility index (Phi) is 5.86. The van der Waals surface area contributed by atoms with Crippen LogP contribution in [0, 0.1) is 6.92 Å². The number of hydrogen-bond acceptors (Lipinski definition) is 6. The summed E-state index contributed by atoms with van der Waals surface area (Å²) in [5.41, 5.74) is 1.86. The fourth-order valence-electron chi connectivity index (χ4n) is 2.20. The molecule has 0 bridgehead atoms. The second-order valence-electron chi connectivity index (χ2n) is 5.59. The third-order valence-electron chi connectivity index (χ3n) is 3.49. The molecule has 6 nitrogen and oxygen atoms in total. The number of aromatic nitrogens is 2. The van der Waals surface area contributed by atoms with Gasteiger partial charge in [-0.05, 0) is 48.9 Å². The summed E-state index contributed by atoms with van der Waals surface area (Å²) in [6, 6.07) is 14.7. The van der Waals surface area contributed by atoms with E-state index in [4.69, 9.17) is 25.6 Å². The second kappa shape index (κ2) is 8.49. The van der Waals surface area contributed by atoms with Gasteiger partial charge in [-0.2, -0.15) is 4.98 Å². The van der Waals surface area contributed by atoms with E-state index in [-0.39, 0.29) is 25.5 Å². The van der Waals surface area contributed by atoms with Gasteiger partial charge in [0.1, 0.15) is 5.75 Å². The van der Waals surface area contributed by atoms with Crippen LogP contribution in [0.4, 0.5) is 0 Å². The maximum atomic E-state index is 11.8. The fourth-order valence-corrected chi connectivity index (χ4v) is 2.33. The second-order valence-corrected chi connectivity index (χ2v) is 6.03. The first-order valence-corrected chi connectivity index (χ1v) is 8.41. The van der Waals surface area contributed by atoms with Gasteiger partial charge in [-0.25, -0.2) is 0 Å². The summed E-state index contributed by atoms with van der Waals surface area (Å²) < 4.78 is 15.7.